The Morgan fingerprint density at radius 2 is 1.75 bits per heavy atom. The van der Waals surface area contributed by atoms with Crippen molar-refractivity contribution in [2.75, 3.05) is 20.3 Å². The van der Waals surface area contributed by atoms with Crippen LogP contribution in [0, 0.1) is 11.8 Å². The number of carbonyl (C=O) groups excluding carboxylic acids is 1. The molecule has 1 N–H and O–H groups in total. The topological polar surface area (TPSA) is 47.6 Å². The molecule has 0 rings (SSSR count). The molecule has 4 heteroatoms. The Labute approximate surface area is 98.0 Å². The summed E-state index contributed by atoms with van der Waals surface area (Å²) < 4.78 is 10.6. The number of hydrogen-bond acceptors (Lipinski definition) is 3. The van der Waals surface area contributed by atoms with Gasteiger partial charge in [-0.2, -0.15) is 0 Å². The molecule has 0 bridgehead atoms. The van der Waals surface area contributed by atoms with Crippen LogP contribution in [0.2, 0.25) is 0 Å². The molecule has 1 amide bonds. The Morgan fingerprint density at radius 1 is 1.19 bits per heavy atom. The molecule has 0 heterocycles. The van der Waals surface area contributed by atoms with Gasteiger partial charge in [-0.05, 0) is 11.8 Å². The van der Waals surface area contributed by atoms with Gasteiger partial charge in [-0.15, -0.1) is 0 Å². The Bertz CT molecular complexity index is 234. The second-order valence-corrected chi connectivity index (χ2v) is 4.49. The molecule has 0 aromatic rings. The number of amides is 1. The van der Waals surface area contributed by atoms with Crippen molar-refractivity contribution < 1.29 is 14.3 Å². The summed E-state index contributed by atoms with van der Waals surface area (Å²) >= 11 is 0. The van der Waals surface area contributed by atoms with Gasteiger partial charge in [0.05, 0.1) is 13.2 Å². The van der Waals surface area contributed by atoms with Crippen LogP contribution in [-0.2, 0) is 14.3 Å². The molecule has 0 spiro atoms. The lowest BCUT2D eigenvalue weighted by atomic mass is 10.2. The Balaban J connectivity index is 4.24. The van der Waals surface area contributed by atoms with Crippen LogP contribution in [0.1, 0.15) is 27.7 Å². The Hall–Kier alpha value is -1.19. The van der Waals surface area contributed by atoms with Crippen molar-refractivity contribution in [1.29, 1.82) is 0 Å². The lowest BCUT2D eigenvalue weighted by molar-refractivity contribution is -0.120. The number of carbonyl (C=O) groups is 1. The van der Waals surface area contributed by atoms with E-state index in [0.717, 1.165) is 0 Å². The zero-order valence-electron chi connectivity index (χ0n) is 10.9. The van der Waals surface area contributed by atoms with Crippen molar-refractivity contribution in [3.63, 3.8) is 0 Å². The van der Waals surface area contributed by atoms with E-state index in [2.05, 4.69) is 5.32 Å². The molecule has 0 aliphatic heterocycles. The van der Waals surface area contributed by atoms with Gasteiger partial charge in [0.1, 0.15) is 6.26 Å². The smallest absolute Gasteiger partial charge is 0.289 e. The first-order chi connectivity index (χ1) is 7.47. The van der Waals surface area contributed by atoms with Crippen molar-refractivity contribution >= 4 is 5.91 Å². The van der Waals surface area contributed by atoms with Gasteiger partial charge in [0, 0.05) is 7.05 Å². The standard InChI is InChI=1S/C12H23NO3/c1-9(2)6-15-8-11(12(14)13-5)16-7-10(3)4/h8-10H,6-7H2,1-5H3,(H,13,14). The fourth-order valence-electron chi connectivity index (χ4n) is 0.849. The van der Waals surface area contributed by atoms with E-state index in [1.807, 2.05) is 27.7 Å². The molecule has 0 aromatic heterocycles. The second-order valence-electron chi connectivity index (χ2n) is 4.49. The second kappa shape index (κ2) is 8.02. The van der Waals surface area contributed by atoms with Gasteiger partial charge in [-0.25, -0.2) is 0 Å². The summed E-state index contributed by atoms with van der Waals surface area (Å²) in [6.45, 7) is 9.22. The van der Waals surface area contributed by atoms with Crippen LogP contribution >= 0.6 is 0 Å². The largest absolute Gasteiger partial charge is 0.497 e. The van der Waals surface area contributed by atoms with E-state index in [-0.39, 0.29) is 11.7 Å². The molecule has 0 saturated carbocycles. The van der Waals surface area contributed by atoms with Gasteiger partial charge in [-0.1, -0.05) is 27.7 Å². The van der Waals surface area contributed by atoms with Crippen molar-refractivity contribution in [3.05, 3.63) is 12.0 Å². The molecule has 0 radical (unpaired) electrons. The van der Waals surface area contributed by atoms with E-state index < -0.39 is 0 Å². The van der Waals surface area contributed by atoms with Crippen LogP contribution in [0.3, 0.4) is 0 Å². The number of ether oxygens (including phenoxy) is 2. The maximum atomic E-state index is 11.4. The van der Waals surface area contributed by atoms with Crippen molar-refractivity contribution in [3.8, 4) is 0 Å². The highest BCUT2D eigenvalue weighted by Gasteiger charge is 2.10. The van der Waals surface area contributed by atoms with Crippen LogP contribution in [-0.4, -0.2) is 26.2 Å². The highest BCUT2D eigenvalue weighted by molar-refractivity contribution is 5.90. The summed E-state index contributed by atoms with van der Waals surface area (Å²) in [6.07, 6.45) is 1.39. The van der Waals surface area contributed by atoms with E-state index in [4.69, 9.17) is 9.47 Å². The van der Waals surface area contributed by atoms with Gasteiger partial charge in [0.15, 0.2) is 0 Å². The SMILES string of the molecule is CNC(=O)C(=COCC(C)C)OCC(C)C. The lowest BCUT2D eigenvalue weighted by Crippen LogP contribution is -2.23. The van der Waals surface area contributed by atoms with Crippen LogP contribution in [0.15, 0.2) is 12.0 Å². The van der Waals surface area contributed by atoms with E-state index in [0.29, 0.717) is 25.0 Å². The number of rotatable bonds is 7. The van der Waals surface area contributed by atoms with E-state index in [1.165, 1.54) is 6.26 Å². The molecule has 0 aliphatic rings. The average Bonchev–Trinajstić information content (AvgIpc) is 2.21. The van der Waals surface area contributed by atoms with Gasteiger partial charge in [0.25, 0.3) is 5.91 Å². The van der Waals surface area contributed by atoms with Gasteiger partial charge < -0.3 is 14.8 Å². The third-order valence-electron chi connectivity index (χ3n) is 1.64. The molecule has 0 atom stereocenters. The summed E-state index contributed by atoms with van der Waals surface area (Å²) in [5.41, 5.74) is 0. The van der Waals surface area contributed by atoms with Crippen molar-refractivity contribution in [2.24, 2.45) is 11.8 Å². The zero-order valence-corrected chi connectivity index (χ0v) is 10.9. The van der Waals surface area contributed by atoms with Crippen LogP contribution in [0.5, 0.6) is 0 Å². The summed E-state index contributed by atoms with van der Waals surface area (Å²) in [4.78, 5) is 11.4. The average molecular weight is 229 g/mol. The van der Waals surface area contributed by atoms with Crippen molar-refractivity contribution in [1.82, 2.24) is 5.32 Å². The molecule has 0 unspecified atom stereocenters. The quantitative estimate of drug-likeness (QED) is 0.536. The molecule has 94 valence electrons. The van der Waals surface area contributed by atoms with E-state index in [9.17, 15) is 4.79 Å². The van der Waals surface area contributed by atoms with Crippen LogP contribution in [0.25, 0.3) is 0 Å². The summed E-state index contributed by atoms with van der Waals surface area (Å²) in [7, 11) is 1.57. The maximum Gasteiger partial charge on any atom is 0.289 e. The van der Waals surface area contributed by atoms with Crippen molar-refractivity contribution in [2.45, 2.75) is 27.7 Å². The Morgan fingerprint density at radius 3 is 2.19 bits per heavy atom. The number of nitrogens with one attached hydrogen (secondary N) is 1. The predicted octanol–water partition coefficient (Wildman–Crippen LogP) is 1.92. The zero-order chi connectivity index (χ0) is 12.6. The number of hydrogen-bond donors (Lipinski definition) is 1. The molecule has 0 fully saturated rings. The molecular weight excluding hydrogens is 206 g/mol. The normalized spacial score (nSPS) is 11.8. The van der Waals surface area contributed by atoms with E-state index >= 15 is 0 Å². The predicted molar refractivity (Wildman–Crippen MR) is 63.7 cm³/mol. The lowest BCUT2D eigenvalue weighted by Gasteiger charge is -2.12. The van der Waals surface area contributed by atoms with Gasteiger partial charge in [-0.3, -0.25) is 4.79 Å². The minimum absolute atomic E-state index is 0.233. The fourth-order valence-corrected chi connectivity index (χ4v) is 0.849. The summed E-state index contributed by atoms with van der Waals surface area (Å²) in [5, 5.41) is 2.51. The molecule has 16 heavy (non-hydrogen) atoms. The first-order valence-corrected chi connectivity index (χ1v) is 5.64. The summed E-state index contributed by atoms with van der Waals surface area (Å²) in [5.74, 6) is 0.770. The third-order valence-corrected chi connectivity index (χ3v) is 1.64. The van der Waals surface area contributed by atoms with Gasteiger partial charge >= 0.3 is 0 Å². The minimum atomic E-state index is -0.260. The first kappa shape index (κ1) is 14.8. The monoisotopic (exact) mass is 229 g/mol. The molecule has 4 nitrogen and oxygen atoms in total. The third kappa shape index (κ3) is 7.15. The maximum absolute atomic E-state index is 11.4. The molecule has 0 aliphatic carbocycles. The highest BCUT2D eigenvalue weighted by Crippen LogP contribution is 2.04. The van der Waals surface area contributed by atoms with Crippen LogP contribution < -0.4 is 5.32 Å². The Kier molecular flexibility index (Phi) is 7.42. The molecule has 0 saturated heterocycles. The molecular formula is C12H23NO3. The fraction of sp³-hybridized carbons (Fsp3) is 0.750. The molecule has 0 aromatic carbocycles. The highest BCUT2D eigenvalue weighted by atomic mass is 16.5. The first-order valence-electron chi connectivity index (χ1n) is 5.64. The number of likely N-dealkylation sites (N-methyl/N-ethyl adjacent to an activating group) is 1. The van der Waals surface area contributed by atoms with Gasteiger partial charge in [0.2, 0.25) is 5.76 Å². The van der Waals surface area contributed by atoms with Crippen LogP contribution in [0.4, 0.5) is 0 Å². The summed E-state index contributed by atoms with van der Waals surface area (Å²) in [6, 6.07) is 0. The van der Waals surface area contributed by atoms with E-state index in [1.54, 1.807) is 7.05 Å². The minimum Gasteiger partial charge on any atom is -0.497 e.